The van der Waals surface area contributed by atoms with Gasteiger partial charge in [0.1, 0.15) is 0 Å². The van der Waals surface area contributed by atoms with Gasteiger partial charge in [0.05, 0.1) is 0 Å². The molecule has 1 aliphatic heterocycles. The van der Waals surface area contributed by atoms with Crippen LogP contribution in [0.4, 0.5) is 0 Å². The zero-order valence-corrected chi connectivity index (χ0v) is 14.0. The molecule has 2 N–H and O–H groups in total. The Hall–Kier alpha value is -0.840. The number of halogens is 2. The highest BCUT2D eigenvalue weighted by molar-refractivity contribution is 5.85. The topological polar surface area (TPSA) is 59.2 Å². The normalized spacial score (nSPS) is 21.1. The standard InChI is InChI=1S/C15H23N3O.2ClH/c1-12-3-2-10-18(14(12)11-16)15(19)5-4-13-6-8-17-9-7-13;;/h6-9,12,14H,2-5,10-11,16H2,1H3;2*1H. The second-order valence-corrected chi connectivity index (χ2v) is 5.37. The van der Waals surface area contributed by atoms with Gasteiger partial charge in [-0.05, 0) is 42.9 Å². The van der Waals surface area contributed by atoms with E-state index in [4.69, 9.17) is 5.73 Å². The Labute approximate surface area is 139 Å². The van der Waals surface area contributed by atoms with E-state index >= 15 is 0 Å². The van der Waals surface area contributed by atoms with Gasteiger partial charge in [-0.15, -0.1) is 24.8 Å². The first-order valence-electron chi connectivity index (χ1n) is 7.11. The van der Waals surface area contributed by atoms with Gasteiger partial charge in [0.2, 0.25) is 5.91 Å². The fraction of sp³-hybridized carbons (Fsp3) is 0.600. The Balaban J connectivity index is 0.00000200. The summed E-state index contributed by atoms with van der Waals surface area (Å²) >= 11 is 0. The summed E-state index contributed by atoms with van der Waals surface area (Å²) in [7, 11) is 0. The molecule has 4 nitrogen and oxygen atoms in total. The zero-order valence-electron chi connectivity index (χ0n) is 12.4. The molecule has 1 saturated heterocycles. The van der Waals surface area contributed by atoms with Crippen LogP contribution >= 0.6 is 24.8 Å². The number of nitrogens with zero attached hydrogens (tertiary/aromatic N) is 2. The number of carbonyl (C=O) groups is 1. The number of hydrogen-bond acceptors (Lipinski definition) is 3. The highest BCUT2D eigenvalue weighted by Crippen LogP contribution is 2.23. The molecule has 0 saturated carbocycles. The molecule has 1 aromatic heterocycles. The van der Waals surface area contributed by atoms with Crippen molar-refractivity contribution in [1.29, 1.82) is 0 Å². The molecule has 0 spiro atoms. The third-order valence-electron chi connectivity index (χ3n) is 4.05. The summed E-state index contributed by atoms with van der Waals surface area (Å²) in [6.07, 6.45) is 7.16. The molecule has 1 amide bonds. The van der Waals surface area contributed by atoms with Crippen molar-refractivity contribution in [2.45, 2.75) is 38.6 Å². The molecular formula is C15H25Cl2N3O. The summed E-state index contributed by atoms with van der Waals surface area (Å²) in [6, 6.07) is 4.15. The molecule has 1 aromatic rings. The van der Waals surface area contributed by atoms with Crippen molar-refractivity contribution in [3.63, 3.8) is 0 Å². The van der Waals surface area contributed by atoms with E-state index in [2.05, 4.69) is 11.9 Å². The average Bonchev–Trinajstić information content (AvgIpc) is 2.45. The monoisotopic (exact) mass is 333 g/mol. The lowest BCUT2D eigenvalue weighted by Crippen LogP contribution is -2.51. The SMILES string of the molecule is CC1CCCN(C(=O)CCc2ccncc2)C1CN.Cl.Cl. The molecule has 0 aromatic carbocycles. The first-order valence-corrected chi connectivity index (χ1v) is 7.11. The number of likely N-dealkylation sites (tertiary alicyclic amines) is 1. The molecule has 6 heteroatoms. The number of pyridine rings is 1. The van der Waals surface area contributed by atoms with E-state index in [9.17, 15) is 4.79 Å². The number of piperidine rings is 1. The second kappa shape index (κ2) is 9.98. The van der Waals surface area contributed by atoms with Crippen LogP contribution in [0, 0.1) is 5.92 Å². The molecule has 0 radical (unpaired) electrons. The minimum atomic E-state index is 0. The van der Waals surface area contributed by atoms with Gasteiger partial charge < -0.3 is 10.6 Å². The number of rotatable bonds is 4. The van der Waals surface area contributed by atoms with Crippen LogP contribution in [0.25, 0.3) is 0 Å². The minimum absolute atomic E-state index is 0. The smallest absolute Gasteiger partial charge is 0.223 e. The fourth-order valence-electron chi connectivity index (χ4n) is 2.86. The molecule has 120 valence electrons. The van der Waals surface area contributed by atoms with Gasteiger partial charge in [0.25, 0.3) is 0 Å². The Kier molecular flexibility index (Phi) is 9.58. The molecule has 1 aliphatic rings. The van der Waals surface area contributed by atoms with Crippen LogP contribution in [0.5, 0.6) is 0 Å². The van der Waals surface area contributed by atoms with E-state index in [1.807, 2.05) is 17.0 Å². The van der Waals surface area contributed by atoms with Crippen molar-refractivity contribution in [2.24, 2.45) is 11.7 Å². The van der Waals surface area contributed by atoms with Crippen LogP contribution in [0.2, 0.25) is 0 Å². The maximum atomic E-state index is 12.3. The molecule has 0 aliphatic carbocycles. The second-order valence-electron chi connectivity index (χ2n) is 5.37. The van der Waals surface area contributed by atoms with E-state index in [1.165, 1.54) is 6.42 Å². The van der Waals surface area contributed by atoms with Crippen LogP contribution < -0.4 is 5.73 Å². The molecule has 2 heterocycles. The minimum Gasteiger partial charge on any atom is -0.338 e. The largest absolute Gasteiger partial charge is 0.338 e. The summed E-state index contributed by atoms with van der Waals surface area (Å²) in [6.45, 7) is 3.63. The van der Waals surface area contributed by atoms with Gasteiger partial charge in [-0.2, -0.15) is 0 Å². The summed E-state index contributed by atoms with van der Waals surface area (Å²) in [4.78, 5) is 18.3. The summed E-state index contributed by atoms with van der Waals surface area (Å²) in [5, 5.41) is 0. The lowest BCUT2D eigenvalue weighted by molar-refractivity contribution is -0.136. The molecule has 2 atom stereocenters. The van der Waals surface area contributed by atoms with Gasteiger partial charge >= 0.3 is 0 Å². The van der Waals surface area contributed by atoms with Crippen molar-refractivity contribution >= 4 is 30.7 Å². The molecule has 0 bridgehead atoms. The maximum absolute atomic E-state index is 12.3. The van der Waals surface area contributed by atoms with Gasteiger partial charge in [0.15, 0.2) is 0 Å². The predicted octanol–water partition coefficient (Wildman–Crippen LogP) is 2.44. The van der Waals surface area contributed by atoms with Crippen molar-refractivity contribution in [3.8, 4) is 0 Å². The Morgan fingerprint density at radius 2 is 2.05 bits per heavy atom. The molecule has 1 fully saturated rings. The van der Waals surface area contributed by atoms with Crippen molar-refractivity contribution < 1.29 is 4.79 Å². The van der Waals surface area contributed by atoms with Crippen molar-refractivity contribution in [3.05, 3.63) is 30.1 Å². The van der Waals surface area contributed by atoms with Crippen LogP contribution in [0.1, 0.15) is 31.7 Å². The van der Waals surface area contributed by atoms with E-state index in [0.29, 0.717) is 18.9 Å². The van der Waals surface area contributed by atoms with Gasteiger partial charge in [-0.1, -0.05) is 6.92 Å². The van der Waals surface area contributed by atoms with Crippen molar-refractivity contribution in [1.82, 2.24) is 9.88 Å². The maximum Gasteiger partial charge on any atom is 0.223 e. The summed E-state index contributed by atoms with van der Waals surface area (Å²) < 4.78 is 0. The molecule has 2 unspecified atom stereocenters. The average molecular weight is 334 g/mol. The third kappa shape index (κ3) is 5.46. The predicted molar refractivity (Wildman–Crippen MR) is 90.0 cm³/mol. The molecular weight excluding hydrogens is 309 g/mol. The highest BCUT2D eigenvalue weighted by Gasteiger charge is 2.30. The number of aromatic nitrogens is 1. The Morgan fingerprint density at radius 3 is 2.67 bits per heavy atom. The van der Waals surface area contributed by atoms with Gasteiger partial charge in [0, 0.05) is 37.9 Å². The number of carbonyl (C=O) groups excluding carboxylic acids is 1. The van der Waals surface area contributed by atoms with E-state index in [0.717, 1.165) is 24.9 Å². The van der Waals surface area contributed by atoms with E-state index in [-0.39, 0.29) is 36.8 Å². The number of aryl methyl sites for hydroxylation is 1. The van der Waals surface area contributed by atoms with Crippen molar-refractivity contribution in [2.75, 3.05) is 13.1 Å². The first-order chi connectivity index (χ1) is 9.22. The summed E-state index contributed by atoms with van der Waals surface area (Å²) in [5.41, 5.74) is 6.99. The fourth-order valence-corrected chi connectivity index (χ4v) is 2.86. The number of hydrogen-bond donors (Lipinski definition) is 1. The number of nitrogens with two attached hydrogens (primary N) is 1. The molecule has 21 heavy (non-hydrogen) atoms. The Morgan fingerprint density at radius 1 is 1.38 bits per heavy atom. The number of amides is 1. The van der Waals surface area contributed by atoms with E-state index in [1.54, 1.807) is 12.4 Å². The lowest BCUT2D eigenvalue weighted by Gasteiger charge is -2.39. The van der Waals surface area contributed by atoms with Crippen LogP contribution in [0.15, 0.2) is 24.5 Å². The van der Waals surface area contributed by atoms with Gasteiger partial charge in [-0.3, -0.25) is 9.78 Å². The van der Waals surface area contributed by atoms with Gasteiger partial charge in [-0.25, -0.2) is 0 Å². The Bertz CT molecular complexity index is 417. The first kappa shape index (κ1) is 20.2. The van der Waals surface area contributed by atoms with Crippen LogP contribution in [0.3, 0.4) is 0 Å². The van der Waals surface area contributed by atoms with Crippen LogP contribution in [-0.2, 0) is 11.2 Å². The highest BCUT2D eigenvalue weighted by atomic mass is 35.5. The van der Waals surface area contributed by atoms with E-state index < -0.39 is 0 Å². The van der Waals surface area contributed by atoms with Crippen LogP contribution in [-0.4, -0.2) is 34.9 Å². The quantitative estimate of drug-likeness (QED) is 0.920. The zero-order chi connectivity index (χ0) is 13.7. The molecule has 2 rings (SSSR count). The third-order valence-corrected chi connectivity index (χ3v) is 4.05. The lowest BCUT2D eigenvalue weighted by atomic mass is 9.90. The summed E-state index contributed by atoms with van der Waals surface area (Å²) in [5.74, 6) is 0.752.